The number of nitrogens with two attached hydrogens (primary N) is 1. The van der Waals surface area contributed by atoms with Crippen LogP contribution in [0.4, 0.5) is 0 Å². The Morgan fingerprint density at radius 2 is 1.70 bits per heavy atom. The molecule has 1 heterocycles. The fraction of sp³-hybridized carbons (Fsp3) is 0.889. The molecule has 1 aliphatic heterocycles. The Morgan fingerprint density at radius 1 is 1.05 bits per heavy atom. The first kappa shape index (κ1) is 13.3. The van der Waals surface area contributed by atoms with E-state index in [0.717, 1.165) is 30.8 Å². The molecule has 2 heteroatoms. The molecular formula is C18H30N2. The van der Waals surface area contributed by atoms with E-state index < -0.39 is 0 Å². The van der Waals surface area contributed by atoms with Crippen LogP contribution in [0.25, 0.3) is 0 Å². The van der Waals surface area contributed by atoms with Gasteiger partial charge in [-0.1, -0.05) is 12.2 Å². The molecule has 1 saturated heterocycles. The van der Waals surface area contributed by atoms with Gasteiger partial charge in [-0.05, 0) is 81.1 Å². The summed E-state index contributed by atoms with van der Waals surface area (Å²) in [7, 11) is 0. The molecule has 1 atom stereocenters. The maximum atomic E-state index is 6.08. The second-order valence-electron chi connectivity index (χ2n) is 8.34. The average Bonchev–Trinajstić information content (AvgIpc) is 2.36. The van der Waals surface area contributed by atoms with Crippen LogP contribution in [0.15, 0.2) is 12.2 Å². The Balaban J connectivity index is 1.37. The van der Waals surface area contributed by atoms with Crippen LogP contribution in [0.3, 0.4) is 0 Å². The molecule has 4 bridgehead atoms. The summed E-state index contributed by atoms with van der Waals surface area (Å²) in [5.41, 5.74) is 6.68. The third kappa shape index (κ3) is 2.57. The molecule has 4 aliphatic carbocycles. The molecule has 4 saturated carbocycles. The van der Waals surface area contributed by atoms with Gasteiger partial charge >= 0.3 is 0 Å². The molecule has 0 spiro atoms. The first-order chi connectivity index (χ1) is 9.71. The van der Waals surface area contributed by atoms with Gasteiger partial charge in [0.05, 0.1) is 0 Å². The Labute approximate surface area is 123 Å². The number of likely N-dealkylation sites (tertiary alicyclic amines) is 1. The van der Waals surface area contributed by atoms with Crippen molar-refractivity contribution in [1.29, 1.82) is 0 Å². The average molecular weight is 274 g/mol. The highest BCUT2D eigenvalue weighted by molar-refractivity contribution is 5.11. The minimum Gasteiger partial charge on any atom is -0.327 e. The van der Waals surface area contributed by atoms with E-state index in [0.29, 0.717) is 11.5 Å². The molecule has 20 heavy (non-hydrogen) atoms. The lowest BCUT2D eigenvalue weighted by Gasteiger charge is -2.56. The van der Waals surface area contributed by atoms with Crippen LogP contribution in [-0.2, 0) is 0 Å². The number of hydrogen-bond donors (Lipinski definition) is 1. The van der Waals surface area contributed by atoms with Crippen molar-refractivity contribution in [2.75, 3.05) is 19.6 Å². The van der Waals surface area contributed by atoms with Gasteiger partial charge in [0, 0.05) is 19.1 Å². The highest BCUT2D eigenvalue weighted by Gasteiger charge is 2.49. The fourth-order valence-corrected chi connectivity index (χ4v) is 6.09. The number of hydrogen-bond acceptors (Lipinski definition) is 2. The highest BCUT2D eigenvalue weighted by Crippen LogP contribution is 2.60. The third-order valence-corrected chi connectivity index (χ3v) is 6.46. The quantitative estimate of drug-likeness (QED) is 0.801. The van der Waals surface area contributed by atoms with E-state index in [1.165, 1.54) is 38.6 Å². The van der Waals surface area contributed by atoms with Gasteiger partial charge in [0.1, 0.15) is 0 Å². The first-order valence-corrected chi connectivity index (χ1v) is 8.86. The van der Waals surface area contributed by atoms with Crippen molar-refractivity contribution in [2.24, 2.45) is 28.9 Å². The smallest absolute Gasteiger partial charge is 0.0168 e. The summed E-state index contributed by atoms with van der Waals surface area (Å²) >= 11 is 0. The molecule has 112 valence electrons. The summed E-state index contributed by atoms with van der Waals surface area (Å²) in [6.07, 6.45) is 16.8. The summed E-state index contributed by atoms with van der Waals surface area (Å²) in [5.74, 6) is 3.19. The number of rotatable bonds is 3. The monoisotopic (exact) mass is 274 g/mol. The molecular weight excluding hydrogens is 244 g/mol. The fourth-order valence-electron chi connectivity index (χ4n) is 6.09. The molecule has 5 fully saturated rings. The van der Waals surface area contributed by atoms with Crippen LogP contribution >= 0.6 is 0 Å². The Hall–Kier alpha value is -0.340. The van der Waals surface area contributed by atoms with Crippen molar-refractivity contribution in [1.82, 2.24) is 4.90 Å². The lowest BCUT2D eigenvalue weighted by atomic mass is 9.49. The maximum absolute atomic E-state index is 6.08. The Kier molecular flexibility index (Phi) is 3.42. The molecule has 0 aromatic rings. The number of allylic oxidation sites excluding steroid dienone is 1. The van der Waals surface area contributed by atoms with E-state index >= 15 is 0 Å². The molecule has 1 unspecified atom stereocenters. The van der Waals surface area contributed by atoms with E-state index in [1.54, 1.807) is 19.3 Å². The van der Waals surface area contributed by atoms with Crippen LogP contribution in [0.1, 0.15) is 51.4 Å². The normalized spacial score (nSPS) is 48.2. The number of piperidine rings is 1. The van der Waals surface area contributed by atoms with Gasteiger partial charge in [0.2, 0.25) is 0 Å². The maximum Gasteiger partial charge on any atom is 0.0168 e. The minimum atomic E-state index is 0.414. The summed E-state index contributed by atoms with van der Waals surface area (Å²) in [5, 5.41) is 0. The van der Waals surface area contributed by atoms with E-state index in [1.807, 2.05) is 0 Å². The van der Waals surface area contributed by atoms with Gasteiger partial charge in [-0.2, -0.15) is 0 Å². The third-order valence-electron chi connectivity index (χ3n) is 6.46. The Bertz CT molecular complexity index is 352. The second-order valence-corrected chi connectivity index (χ2v) is 8.34. The van der Waals surface area contributed by atoms with Gasteiger partial charge in [0.15, 0.2) is 0 Å². The van der Waals surface area contributed by atoms with Crippen molar-refractivity contribution in [3.05, 3.63) is 12.2 Å². The lowest BCUT2D eigenvalue weighted by molar-refractivity contribution is -0.0239. The highest BCUT2D eigenvalue weighted by atomic mass is 15.1. The van der Waals surface area contributed by atoms with Crippen LogP contribution in [-0.4, -0.2) is 30.6 Å². The van der Waals surface area contributed by atoms with Gasteiger partial charge in [-0.15, -0.1) is 0 Å². The van der Waals surface area contributed by atoms with Crippen molar-refractivity contribution < 1.29 is 0 Å². The predicted molar refractivity (Wildman–Crippen MR) is 83.4 cm³/mol. The van der Waals surface area contributed by atoms with Crippen LogP contribution < -0.4 is 5.73 Å². The van der Waals surface area contributed by atoms with Crippen LogP contribution in [0.2, 0.25) is 0 Å². The molecule has 5 aliphatic rings. The molecule has 0 aromatic heterocycles. The van der Waals surface area contributed by atoms with E-state index in [4.69, 9.17) is 5.73 Å². The van der Waals surface area contributed by atoms with Crippen LogP contribution in [0, 0.1) is 23.2 Å². The van der Waals surface area contributed by atoms with Gasteiger partial charge in [-0.3, -0.25) is 4.90 Å². The molecule has 2 nitrogen and oxygen atoms in total. The standard InChI is InChI=1S/C18H30N2/c19-17-3-1-5-20(13-17)6-2-4-18-10-14-7-15(11-18)9-16(8-14)12-18/h2,4,14-17H,1,3,5-13,19H2/b4-2+. The van der Waals surface area contributed by atoms with E-state index in [2.05, 4.69) is 17.1 Å². The van der Waals surface area contributed by atoms with Gasteiger partial charge in [0.25, 0.3) is 0 Å². The van der Waals surface area contributed by atoms with Gasteiger partial charge in [-0.25, -0.2) is 0 Å². The van der Waals surface area contributed by atoms with Crippen molar-refractivity contribution in [2.45, 2.75) is 57.4 Å². The zero-order valence-corrected chi connectivity index (χ0v) is 12.8. The Morgan fingerprint density at radius 3 is 2.30 bits per heavy atom. The summed E-state index contributed by atoms with van der Waals surface area (Å²) in [6, 6.07) is 0.414. The van der Waals surface area contributed by atoms with Crippen molar-refractivity contribution >= 4 is 0 Å². The summed E-state index contributed by atoms with van der Waals surface area (Å²) in [6.45, 7) is 3.49. The number of nitrogens with zero attached hydrogens (tertiary/aromatic N) is 1. The second kappa shape index (κ2) is 5.14. The summed E-state index contributed by atoms with van der Waals surface area (Å²) in [4.78, 5) is 2.55. The topological polar surface area (TPSA) is 29.3 Å². The molecule has 2 N–H and O–H groups in total. The van der Waals surface area contributed by atoms with Crippen molar-refractivity contribution in [3.63, 3.8) is 0 Å². The SMILES string of the molecule is NC1CCCN(C/C=C/C23CC4CC(CC(C4)C2)C3)C1. The van der Waals surface area contributed by atoms with Crippen molar-refractivity contribution in [3.8, 4) is 0 Å². The first-order valence-electron chi connectivity index (χ1n) is 8.86. The zero-order valence-electron chi connectivity index (χ0n) is 12.8. The summed E-state index contributed by atoms with van der Waals surface area (Å²) < 4.78 is 0. The largest absolute Gasteiger partial charge is 0.327 e. The van der Waals surface area contributed by atoms with E-state index in [9.17, 15) is 0 Å². The predicted octanol–water partition coefficient (Wildman–Crippen LogP) is 3.18. The lowest BCUT2D eigenvalue weighted by Crippen LogP contribution is -2.45. The minimum absolute atomic E-state index is 0.414. The molecule has 0 amide bonds. The molecule has 0 aromatic carbocycles. The molecule has 5 rings (SSSR count). The van der Waals surface area contributed by atoms with Crippen LogP contribution in [0.5, 0.6) is 0 Å². The van der Waals surface area contributed by atoms with Gasteiger partial charge < -0.3 is 5.73 Å². The van der Waals surface area contributed by atoms with E-state index in [-0.39, 0.29) is 0 Å². The zero-order chi connectivity index (χ0) is 13.6. The molecule has 0 radical (unpaired) electrons.